The molecule has 0 heterocycles. The van der Waals surface area contributed by atoms with Crippen LogP contribution in [0.5, 0.6) is 0 Å². The third kappa shape index (κ3) is 4.36. The molecule has 22 heavy (non-hydrogen) atoms. The van der Waals surface area contributed by atoms with E-state index in [0.29, 0.717) is 6.42 Å². The molecule has 2 rings (SSSR count). The molecule has 2 N–H and O–H groups in total. The van der Waals surface area contributed by atoms with Crippen LogP contribution in [0.25, 0.3) is 0 Å². The summed E-state index contributed by atoms with van der Waals surface area (Å²) < 4.78 is 27.0. The van der Waals surface area contributed by atoms with Gasteiger partial charge in [0.2, 0.25) is 5.91 Å². The van der Waals surface area contributed by atoms with E-state index in [0.717, 1.165) is 17.7 Å². The maximum Gasteiger partial charge on any atom is 0.220 e. The Labute approximate surface area is 127 Å². The number of amides is 1. The molecule has 0 aliphatic heterocycles. The Morgan fingerprint density at radius 3 is 2.32 bits per heavy atom. The lowest BCUT2D eigenvalue weighted by Gasteiger charge is -2.14. The Morgan fingerprint density at radius 2 is 1.68 bits per heavy atom. The number of benzene rings is 2. The van der Waals surface area contributed by atoms with Crippen LogP contribution in [-0.2, 0) is 11.2 Å². The van der Waals surface area contributed by atoms with Gasteiger partial charge in [-0.1, -0.05) is 36.4 Å². The average Bonchev–Trinajstić information content (AvgIpc) is 2.52. The van der Waals surface area contributed by atoms with E-state index in [-0.39, 0.29) is 18.9 Å². The van der Waals surface area contributed by atoms with Gasteiger partial charge in [-0.05, 0) is 24.1 Å². The molecule has 0 aromatic heterocycles. The van der Waals surface area contributed by atoms with Gasteiger partial charge in [-0.3, -0.25) is 4.79 Å². The summed E-state index contributed by atoms with van der Waals surface area (Å²) in [4.78, 5) is 11.7. The zero-order valence-electron chi connectivity index (χ0n) is 11.9. The van der Waals surface area contributed by atoms with Gasteiger partial charge in [0, 0.05) is 13.0 Å². The highest BCUT2D eigenvalue weighted by atomic mass is 19.1. The minimum absolute atomic E-state index is 0.231. The summed E-state index contributed by atoms with van der Waals surface area (Å²) >= 11 is 0. The second kappa shape index (κ2) is 7.66. The molecule has 0 unspecified atom stereocenters. The molecule has 116 valence electrons. The van der Waals surface area contributed by atoms with Crippen molar-refractivity contribution in [3.05, 3.63) is 71.3 Å². The number of halogens is 2. The Hall–Kier alpha value is -2.27. The first kappa shape index (κ1) is 16.1. The van der Waals surface area contributed by atoms with E-state index >= 15 is 0 Å². The van der Waals surface area contributed by atoms with E-state index in [1.807, 2.05) is 30.3 Å². The molecular weight excluding hydrogens is 288 g/mol. The van der Waals surface area contributed by atoms with E-state index in [4.69, 9.17) is 0 Å². The number of carbonyl (C=O) groups excluding carboxylic acids is 1. The van der Waals surface area contributed by atoms with Gasteiger partial charge in [0.15, 0.2) is 0 Å². The largest absolute Gasteiger partial charge is 0.386 e. The minimum Gasteiger partial charge on any atom is -0.386 e. The molecule has 3 nitrogen and oxygen atoms in total. The Balaban J connectivity index is 1.83. The zero-order chi connectivity index (χ0) is 15.9. The molecule has 0 bridgehead atoms. The van der Waals surface area contributed by atoms with Crippen LogP contribution >= 0.6 is 0 Å². The molecule has 5 heteroatoms. The molecule has 0 fully saturated rings. The fraction of sp³-hybridized carbons (Fsp3) is 0.235. The fourth-order valence-electron chi connectivity index (χ4n) is 2.13. The quantitative estimate of drug-likeness (QED) is 0.862. The fourth-order valence-corrected chi connectivity index (χ4v) is 2.13. The maximum atomic E-state index is 13.5. The number of aryl methyl sites for hydroxylation is 1. The van der Waals surface area contributed by atoms with Gasteiger partial charge in [0.05, 0.1) is 5.56 Å². The molecule has 0 saturated heterocycles. The van der Waals surface area contributed by atoms with E-state index in [1.54, 1.807) is 0 Å². The second-order valence-electron chi connectivity index (χ2n) is 4.94. The van der Waals surface area contributed by atoms with Gasteiger partial charge in [0.25, 0.3) is 0 Å². The first-order valence-corrected chi connectivity index (χ1v) is 7.00. The predicted octanol–water partition coefficient (Wildman–Crippen LogP) is 2.75. The van der Waals surface area contributed by atoms with Crippen LogP contribution in [-0.4, -0.2) is 17.6 Å². The number of aliphatic hydroxyl groups is 1. The molecule has 0 aliphatic rings. The summed E-state index contributed by atoms with van der Waals surface area (Å²) in [6.45, 7) is -0.231. The third-order valence-electron chi connectivity index (χ3n) is 3.31. The van der Waals surface area contributed by atoms with Crippen LogP contribution in [0.4, 0.5) is 8.78 Å². The summed E-state index contributed by atoms with van der Waals surface area (Å²) in [5.74, 6) is -1.93. The first-order valence-electron chi connectivity index (χ1n) is 7.00. The van der Waals surface area contributed by atoms with Gasteiger partial charge >= 0.3 is 0 Å². The van der Waals surface area contributed by atoms with Crippen LogP contribution in [0.1, 0.15) is 23.7 Å². The van der Waals surface area contributed by atoms with Gasteiger partial charge < -0.3 is 10.4 Å². The lowest BCUT2D eigenvalue weighted by Crippen LogP contribution is -2.29. The van der Waals surface area contributed by atoms with Crippen LogP contribution in [0, 0.1) is 11.6 Å². The molecule has 1 atom stereocenters. The van der Waals surface area contributed by atoms with Crippen LogP contribution in [0.3, 0.4) is 0 Å². The molecule has 1 amide bonds. The lowest BCUT2D eigenvalue weighted by atomic mass is 10.1. The SMILES string of the molecule is O=C(CCc1ccccc1)NC[C@@H](O)c1c(F)cccc1F. The average molecular weight is 305 g/mol. The second-order valence-corrected chi connectivity index (χ2v) is 4.94. The van der Waals surface area contributed by atoms with Crippen molar-refractivity contribution in [3.8, 4) is 0 Å². The molecule has 0 saturated carbocycles. The number of hydrogen-bond acceptors (Lipinski definition) is 2. The smallest absolute Gasteiger partial charge is 0.220 e. The van der Waals surface area contributed by atoms with Gasteiger partial charge in [-0.25, -0.2) is 8.78 Å². The highest BCUT2D eigenvalue weighted by molar-refractivity contribution is 5.76. The molecule has 0 spiro atoms. The van der Waals surface area contributed by atoms with Crippen LogP contribution < -0.4 is 5.32 Å². The minimum atomic E-state index is -1.41. The Bertz CT molecular complexity index is 612. The van der Waals surface area contributed by atoms with Crippen molar-refractivity contribution in [2.45, 2.75) is 18.9 Å². The van der Waals surface area contributed by atoms with Gasteiger partial charge in [0.1, 0.15) is 17.7 Å². The number of hydrogen-bond donors (Lipinski definition) is 2. The molecular formula is C17H17F2NO2. The predicted molar refractivity (Wildman–Crippen MR) is 79.1 cm³/mol. The maximum absolute atomic E-state index is 13.5. The van der Waals surface area contributed by atoms with Gasteiger partial charge in [-0.15, -0.1) is 0 Å². The van der Waals surface area contributed by atoms with E-state index in [2.05, 4.69) is 5.32 Å². The van der Waals surface area contributed by atoms with Crippen molar-refractivity contribution in [1.29, 1.82) is 0 Å². The lowest BCUT2D eigenvalue weighted by molar-refractivity contribution is -0.121. The van der Waals surface area contributed by atoms with Crippen molar-refractivity contribution in [3.63, 3.8) is 0 Å². The zero-order valence-corrected chi connectivity index (χ0v) is 11.9. The Morgan fingerprint density at radius 1 is 1.05 bits per heavy atom. The van der Waals surface area contributed by atoms with Crippen molar-refractivity contribution in [2.24, 2.45) is 0 Å². The number of aliphatic hydroxyl groups excluding tert-OH is 1. The van der Waals surface area contributed by atoms with Crippen molar-refractivity contribution in [2.75, 3.05) is 6.54 Å². The summed E-state index contributed by atoms with van der Waals surface area (Å²) in [7, 11) is 0. The van der Waals surface area contributed by atoms with Gasteiger partial charge in [-0.2, -0.15) is 0 Å². The topological polar surface area (TPSA) is 49.3 Å². The highest BCUT2D eigenvalue weighted by Gasteiger charge is 2.18. The molecule has 2 aromatic rings. The van der Waals surface area contributed by atoms with Crippen molar-refractivity contribution >= 4 is 5.91 Å². The normalized spacial score (nSPS) is 12.0. The highest BCUT2D eigenvalue weighted by Crippen LogP contribution is 2.19. The summed E-state index contributed by atoms with van der Waals surface area (Å²) in [6.07, 6.45) is -0.602. The van der Waals surface area contributed by atoms with Crippen LogP contribution in [0.15, 0.2) is 48.5 Å². The molecule has 2 aromatic carbocycles. The van der Waals surface area contributed by atoms with Crippen molar-refractivity contribution in [1.82, 2.24) is 5.32 Å². The summed E-state index contributed by atoms with van der Waals surface area (Å²) in [5, 5.41) is 12.3. The van der Waals surface area contributed by atoms with E-state index < -0.39 is 23.3 Å². The number of rotatable bonds is 6. The van der Waals surface area contributed by atoms with E-state index in [9.17, 15) is 18.7 Å². The molecule has 0 aliphatic carbocycles. The summed E-state index contributed by atoms with van der Waals surface area (Å²) in [6, 6.07) is 12.9. The van der Waals surface area contributed by atoms with Crippen LogP contribution in [0.2, 0.25) is 0 Å². The third-order valence-corrected chi connectivity index (χ3v) is 3.31. The van der Waals surface area contributed by atoms with E-state index in [1.165, 1.54) is 6.07 Å². The Kier molecular flexibility index (Phi) is 5.61. The summed E-state index contributed by atoms with van der Waals surface area (Å²) in [5.41, 5.74) is 0.601. The standard InChI is InChI=1S/C17H17F2NO2/c18-13-7-4-8-14(19)17(13)15(21)11-20-16(22)10-9-12-5-2-1-3-6-12/h1-8,15,21H,9-11H2,(H,20,22)/t15-/m1/s1. The number of carbonyl (C=O) groups is 1. The first-order chi connectivity index (χ1) is 10.6. The number of nitrogens with one attached hydrogen (secondary N) is 1. The monoisotopic (exact) mass is 305 g/mol. The molecule has 0 radical (unpaired) electrons. The van der Waals surface area contributed by atoms with Crippen molar-refractivity contribution < 1.29 is 18.7 Å².